The van der Waals surface area contributed by atoms with E-state index in [-0.39, 0.29) is 19.1 Å². The molecule has 0 heterocycles. The van der Waals surface area contributed by atoms with Crippen molar-refractivity contribution < 1.29 is 14.3 Å². The molecule has 0 aliphatic heterocycles. The molecule has 0 radical (unpaired) electrons. The fourth-order valence-corrected chi connectivity index (χ4v) is 1.49. The van der Waals surface area contributed by atoms with Crippen LogP contribution >= 0.6 is 0 Å². The molecular formula is C14H20N2O3. The van der Waals surface area contributed by atoms with E-state index in [0.29, 0.717) is 11.6 Å². The minimum atomic E-state index is -0.590. The van der Waals surface area contributed by atoms with E-state index in [1.807, 2.05) is 24.3 Å². The van der Waals surface area contributed by atoms with Gasteiger partial charge in [0.15, 0.2) is 0 Å². The second kappa shape index (κ2) is 7.41. The zero-order valence-corrected chi connectivity index (χ0v) is 11.5. The van der Waals surface area contributed by atoms with Crippen LogP contribution in [0.4, 0.5) is 10.5 Å². The van der Waals surface area contributed by atoms with Crippen molar-refractivity contribution >= 4 is 17.7 Å². The number of benzene rings is 1. The number of amides is 2. The topological polar surface area (TPSA) is 67.4 Å². The Morgan fingerprint density at radius 3 is 2.37 bits per heavy atom. The number of hydrogen-bond acceptors (Lipinski definition) is 3. The highest BCUT2D eigenvalue weighted by Crippen LogP contribution is 2.16. The van der Waals surface area contributed by atoms with Crippen LogP contribution in [0.15, 0.2) is 24.3 Å². The third-order valence-corrected chi connectivity index (χ3v) is 2.53. The van der Waals surface area contributed by atoms with E-state index in [2.05, 4.69) is 29.2 Å². The van der Waals surface area contributed by atoms with Crippen LogP contribution in [-0.2, 0) is 9.53 Å². The SMILES string of the molecule is CCOC(=O)NCC(=O)Nc1ccc(C(C)C)cc1. The van der Waals surface area contributed by atoms with Gasteiger partial charge in [0.05, 0.1) is 6.61 Å². The summed E-state index contributed by atoms with van der Waals surface area (Å²) in [7, 11) is 0. The molecule has 2 amide bonds. The van der Waals surface area contributed by atoms with E-state index in [0.717, 1.165) is 0 Å². The van der Waals surface area contributed by atoms with Crippen LogP contribution in [0, 0.1) is 0 Å². The van der Waals surface area contributed by atoms with E-state index in [4.69, 9.17) is 0 Å². The van der Waals surface area contributed by atoms with Gasteiger partial charge in [-0.15, -0.1) is 0 Å². The van der Waals surface area contributed by atoms with Crippen LogP contribution in [-0.4, -0.2) is 25.2 Å². The van der Waals surface area contributed by atoms with E-state index >= 15 is 0 Å². The number of alkyl carbamates (subject to hydrolysis) is 1. The molecule has 0 aliphatic carbocycles. The Hall–Kier alpha value is -2.04. The van der Waals surface area contributed by atoms with Crippen molar-refractivity contribution in [2.75, 3.05) is 18.5 Å². The molecule has 0 bridgehead atoms. The molecule has 5 heteroatoms. The van der Waals surface area contributed by atoms with Gasteiger partial charge in [-0.1, -0.05) is 26.0 Å². The predicted molar refractivity (Wildman–Crippen MR) is 74.2 cm³/mol. The Kier molecular flexibility index (Phi) is 5.85. The van der Waals surface area contributed by atoms with Gasteiger partial charge >= 0.3 is 6.09 Å². The number of nitrogens with one attached hydrogen (secondary N) is 2. The van der Waals surface area contributed by atoms with Gasteiger partial charge in [0, 0.05) is 5.69 Å². The summed E-state index contributed by atoms with van der Waals surface area (Å²) in [6.45, 7) is 6.10. The zero-order valence-electron chi connectivity index (χ0n) is 11.5. The average Bonchev–Trinajstić information content (AvgIpc) is 2.37. The molecule has 0 aliphatic rings. The Morgan fingerprint density at radius 1 is 1.21 bits per heavy atom. The molecule has 0 aromatic heterocycles. The first-order valence-electron chi connectivity index (χ1n) is 6.33. The van der Waals surface area contributed by atoms with Gasteiger partial charge < -0.3 is 15.4 Å². The minimum absolute atomic E-state index is 0.106. The number of ether oxygens (including phenoxy) is 1. The Labute approximate surface area is 113 Å². The third-order valence-electron chi connectivity index (χ3n) is 2.53. The zero-order chi connectivity index (χ0) is 14.3. The summed E-state index contributed by atoms with van der Waals surface area (Å²) in [4.78, 5) is 22.6. The molecule has 0 saturated heterocycles. The fourth-order valence-electron chi connectivity index (χ4n) is 1.49. The van der Waals surface area contributed by atoms with Gasteiger partial charge in [-0.05, 0) is 30.5 Å². The monoisotopic (exact) mass is 264 g/mol. The quantitative estimate of drug-likeness (QED) is 0.858. The Balaban J connectivity index is 2.42. The highest BCUT2D eigenvalue weighted by Gasteiger charge is 2.06. The molecule has 1 rings (SSSR count). The maximum absolute atomic E-state index is 11.6. The second-order valence-electron chi connectivity index (χ2n) is 4.40. The molecule has 0 atom stereocenters. The number of rotatable bonds is 5. The van der Waals surface area contributed by atoms with Gasteiger partial charge in [-0.3, -0.25) is 4.79 Å². The molecule has 0 saturated carbocycles. The van der Waals surface area contributed by atoms with Gasteiger partial charge in [0.2, 0.25) is 5.91 Å². The number of carbonyl (C=O) groups is 2. The molecule has 1 aromatic carbocycles. The van der Waals surface area contributed by atoms with Crippen molar-refractivity contribution in [3.63, 3.8) is 0 Å². The summed E-state index contributed by atoms with van der Waals surface area (Å²) >= 11 is 0. The molecule has 0 unspecified atom stereocenters. The van der Waals surface area contributed by atoms with Gasteiger partial charge in [-0.2, -0.15) is 0 Å². The first-order chi connectivity index (χ1) is 9.02. The Morgan fingerprint density at radius 2 is 1.84 bits per heavy atom. The lowest BCUT2D eigenvalue weighted by Crippen LogP contribution is -2.33. The molecular weight excluding hydrogens is 244 g/mol. The lowest BCUT2D eigenvalue weighted by atomic mass is 10.0. The first-order valence-corrected chi connectivity index (χ1v) is 6.33. The van der Waals surface area contributed by atoms with Crippen LogP contribution < -0.4 is 10.6 Å². The number of carbonyl (C=O) groups excluding carboxylic acids is 2. The van der Waals surface area contributed by atoms with Crippen molar-refractivity contribution in [2.45, 2.75) is 26.7 Å². The van der Waals surface area contributed by atoms with Crippen LogP contribution in [0.25, 0.3) is 0 Å². The van der Waals surface area contributed by atoms with Crippen LogP contribution in [0.3, 0.4) is 0 Å². The maximum atomic E-state index is 11.6. The van der Waals surface area contributed by atoms with Crippen molar-refractivity contribution in [3.05, 3.63) is 29.8 Å². The summed E-state index contributed by atoms with van der Waals surface area (Å²) in [5.74, 6) is 0.167. The van der Waals surface area contributed by atoms with Gasteiger partial charge in [-0.25, -0.2) is 4.79 Å². The largest absolute Gasteiger partial charge is 0.450 e. The molecule has 0 fully saturated rings. The summed E-state index contributed by atoms with van der Waals surface area (Å²) in [6, 6.07) is 7.63. The Bertz CT molecular complexity index is 427. The highest BCUT2D eigenvalue weighted by molar-refractivity contribution is 5.93. The van der Waals surface area contributed by atoms with E-state index in [9.17, 15) is 9.59 Å². The van der Waals surface area contributed by atoms with E-state index in [1.165, 1.54) is 5.56 Å². The lowest BCUT2D eigenvalue weighted by Gasteiger charge is -2.09. The van der Waals surface area contributed by atoms with Gasteiger partial charge in [0.1, 0.15) is 6.54 Å². The predicted octanol–water partition coefficient (Wildman–Crippen LogP) is 2.49. The molecule has 0 spiro atoms. The summed E-state index contributed by atoms with van der Waals surface area (Å²) in [5.41, 5.74) is 1.92. The standard InChI is InChI=1S/C14H20N2O3/c1-4-19-14(18)15-9-13(17)16-12-7-5-11(6-8-12)10(2)3/h5-8,10H,4,9H2,1-3H3,(H,15,18)(H,16,17). The molecule has 2 N–H and O–H groups in total. The van der Waals surface area contributed by atoms with Gasteiger partial charge in [0.25, 0.3) is 0 Å². The van der Waals surface area contributed by atoms with Crippen molar-refractivity contribution in [1.29, 1.82) is 0 Å². The number of anilines is 1. The average molecular weight is 264 g/mol. The van der Waals surface area contributed by atoms with Crippen molar-refractivity contribution in [2.24, 2.45) is 0 Å². The summed E-state index contributed by atoms with van der Waals surface area (Å²) in [6.07, 6.45) is -0.590. The minimum Gasteiger partial charge on any atom is -0.450 e. The van der Waals surface area contributed by atoms with Crippen LogP contribution in [0.5, 0.6) is 0 Å². The van der Waals surface area contributed by atoms with Crippen molar-refractivity contribution in [3.8, 4) is 0 Å². The molecule has 5 nitrogen and oxygen atoms in total. The normalized spacial score (nSPS) is 10.1. The summed E-state index contributed by atoms with van der Waals surface area (Å²) in [5, 5.41) is 5.06. The van der Waals surface area contributed by atoms with Crippen molar-refractivity contribution in [1.82, 2.24) is 5.32 Å². The first kappa shape index (κ1) is 15.0. The highest BCUT2D eigenvalue weighted by atomic mass is 16.5. The third kappa shape index (κ3) is 5.42. The van der Waals surface area contributed by atoms with E-state index < -0.39 is 6.09 Å². The fraction of sp³-hybridized carbons (Fsp3) is 0.429. The summed E-state index contributed by atoms with van der Waals surface area (Å²) < 4.78 is 4.65. The second-order valence-corrected chi connectivity index (χ2v) is 4.40. The maximum Gasteiger partial charge on any atom is 0.407 e. The van der Waals surface area contributed by atoms with Crippen LogP contribution in [0.1, 0.15) is 32.3 Å². The van der Waals surface area contributed by atoms with Crippen LogP contribution in [0.2, 0.25) is 0 Å². The van der Waals surface area contributed by atoms with E-state index in [1.54, 1.807) is 6.92 Å². The smallest absolute Gasteiger partial charge is 0.407 e. The number of hydrogen-bond donors (Lipinski definition) is 2. The molecule has 1 aromatic rings. The molecule has 19 heavy (non-hydrogen) atoms. The lowest BCUT2D eigenvalue weighted by molar-refractivity contribution is -0.115. The molecule has 104 valence electrons.